The summed E-state index contributed by atoms with van der Waals surface area (Å²) in [4.78, 5) is 11.0. The molecule has 0 unspecified atom stereocenters. The van der Waals surface area contributed by atoms with Gasteiger partial charge in [-0.1, -0.05) is 46.5 Å². The molecule has 0 aromatic carbocycles. The predicted octanol–water partition coefficient (Wildman–Crippen LogP) is 2.85. The maximum absolute atomic E-state index is 11.0. The van der Waals surface area contributed by atoms with Crippen LogP contribution in [-0.2, 0) is 4.79 Å². The summed E-state index contributed by atoms with van der Waals surface area (Å²) in [5.74, 6) is 0.171. The van der Waals surface area contributed by atoms with E-state index < -0.39 is 0 Å². The van der Waals surface area contributed by atoms with Crippen LogP contribution in [0.4, 0.5) is 0 Å². The minimum atomic E-state index is 0.171. The van der Waals surface area contributed by atoms with Crippen LogP contribution in [0.25, 0.3) is 0 Å². The molecule has 0 aliphatic carbocycles. The standard InChI is InChI=1S/C14H30N2O/c1-4-14(17)16-12-10-8-6-5-7-9-11-15-13(2)3/h13,15H,4-12H2,1-3H3,(H,16,17). The predicted molar refractivity (Wildman–Crippen MR) is 74.1 cm³/mol. The first-order valence-corrected chi connectivity index (χ1v) is 7.17. The summed E-state index contributed by atoms with van der Waals surface area (Å²) in [5, 5.41) is 6.34. The van der Waals surface area contributed by atoms with E-state index in [1.54, 1.807) is 0 Å². The van der Waals surface area contributed by atoms with Crippen molar-refractivity contribution >= 4 is 5.91 Å². The van der Waals surface area contributed by atoms with Gasteiger partial charge in [0.1, 0.15) is 0 Å². The van der Waals surface area contributed by atoms with Gasteiger partial charge in [0.2, 0.25) is 5.91 Å². The fraction of sp³-hybridized carbons (Fsp3) is 0.929. The Morgan fingerprint density at radius 1 is 0.941 bits per heavy atom. The van der Waals surface area contributed by atoms with Gasteiger partial charge in [-0.2, -0.15) is 0 Å². The minimum absolute atomic E-state index is 0.171. The molecule has 0 fully saturated rings. The van der Waals surface area contributed by atoms with E-state index in [2.05, 4.69) is 24.5 Å². The van der Waals surface area contributed by atoms with E-state index in [9.17, 15) is 4.79 Å². The Morgan fingerprint density at radius 2 is 1.47 bits per heavy atom. The van der Waals surface area contributed by atoms with E-state index in [0.717, 1.165) is 19.5 Å². The lowest BCUT2D eigenvalue weighted by atomic mass is 10.1. The van der Waals surface area contributed by atoms with Crippen LogP contribution in [0.15, 0.2) is 0 Å². The maximum atomic E-state index is 11.0. The average molecular weight is 242 g/mol. The third-order valence-electron chi connectivity index (χ3n) is 2.80. The number of carbonyl (C=O) groups is 1. The number of rotatable bonds is 11. The molecule has 3 nitrogen and oxygen atoms in total. The van der Waals surface area contributed by atoms with Gasteiger partial charge in [-0.15, -0.1) is 0 Å². The highest BCUT2D eigenvalue weighted by Crippen LogP contribution is 2.04. The SMILES string of the molecule is CCC(=O)NCCCCCCCCNC(C)C. The van der Waals surface area contributed by atoms with Crippen molar-refractivity contribution in [3.8, 4) is 0 Å². The van der Waals surface area contributed by atoms with Gasteiger partial charge in [0.05, 0.1) is 0 Å². The number of hydrogen-bond acceptors (Lipinski definition) is 2. The zero-order valence-corrected chi connectivity index (χ0v) is 11.8. The quantitative estimate of drug-likeness (QED) is 0.547. The summed E-state index contributed by atoms with van der Waals surface area (Å²) >= 11 is 0. The van der Waals surface area contributed by atoms with Crippen LogP contribution < -0.4 is 10.6 Å². The highest BCUT2D eigenvalue weighted by Gasteiger charge is 1.96. The molecule has 0 aromatic rings. The van der Waals surface area contributed by atoms with Crippen LogP contribution >= 0.6 is 0 Å². The van der Waals surface area contributed by atoms with Crippen molar-refractivity contribution in [3.05, 3.63) is 0 Å². The number of nitrogens with one attached hydrogen (secondary N) is 2. The van der Waals surface area contributed by atoms with E-state index in [-0.39, 0.29) is 5.91 Å². The highest BCUT2D eigenvalue weighted by molar-refractivity contribution is 5.75. The summed E-state index contributed by atoms with van der Waals surface area (Å²) in [6.07, 6.45) is 8.18. The molecule has 3 heteroatoms. The van der Waals surface area contributed by atoms with Crippen molar-refractivity contribution in [2.75, 3.05) is 13.1 Å². The average Bonchev–Trinajstić information content (AvgIpc) is 2.30. The van der Waals surface area contributed by atoms with Gasteiger partial charge in [0.15, 0.2) is 0 Å². The van der Waals surface area contributed by atoms with Crippen LogP contribution in [0.3, 0.4) is 0 Å². The fourth-order valence-electron chi connectivity index (χ4n) is 1.70. The molecule has 2 N–H and O–H groups in total. The first-order chi connectivity index (χ1) is 8.16. The minimum Gasteiger partial charge on any atom is -0.356 e. The second-order valence-corrected chi connectivity index (χ2v) is 4.93. The molecule has 0 saturated carbocycles. The van der Waals surface area contributed by atoms with Crippen molar-refractivity contribution in [2.24, 2.45) is 0 Å². The monoisotopic (exact) mass is 242 g/mol. The molecule has 17 heavy (non-hydrogen) atoms. The molecule has 0 saturated heterocycles. The summed E-state index contributed by atoms with van der Waals surface area (Å²) in [5.41, 5.74) is 0. The Bertz CT molecular complexity index is 181. The Hall–Kier alpha value is -0.570. The van der Waals surface area contributed by atoms with Crippen molar-refractivity contribution in [1.29, 1.82) is 0 Å². The van der Waals surface area contributed by atoms with Gasteiger partial charge < -0.3 is 10.6 Å². The Morgan fingerprint density at radius 3 is 2.00 bits per heavy atom. The van der Waals surface area contributed by atoms with Crippen LogP contribution in [0.2, 0.25) is 0 Å². The van der Waals surface area contributed by atoms with E-state index in [4.69, 9.17) is 0 Å². The molecule has 0 aliphatic rings. The number of carbonyl (C=O) groups excluding carboxylic acids is 1. The number of unbranched alkanes of at least 4 members (excludes halogenated alkanes) is 5. The van der Waals surface area contributed by atoms with Crippen LogP contribution in [0, 0.1) is 0 Å². The summed E-state index contributed by atoms with van der Waals surface area (Å²) in [7, 11) is 0. The lowest BCUT2D eigenvalue weighted by molar-refractivity contribution is -0.120. The third-order valence-corrected chi connectivity index (χ3v) is 2.80. The molecule has 0 aromatic heterocycles. The maximum Gasteiger partial charge on any atom is 0.219 e. The van der Waals surface area contributed by atoms with Gasteiger partial charge in [0.25, 0.3) is 0 Å². The van der Waals surface area contributed by atoms with E-state index in [0.29, 0.717) is 12.5 Å². The summed E-state index contributed by atoms with van der Waals surface area (Å²) in [6, 6.07) is 0.608. The molecule has 0 atom stereocenters. The number of hydrogen-bond donors (Lipinski definition) is 2. The first-order valence-electron chi connectivity index (χ1n) is 7.17. The molecule has 0 spiro atoms. The zero-order valence-electron chi connectivity index (χ0n) is 11.8. The van der Waals surface area contributed by atoms with E-state index in [1.807, 2.05) is 6.92 Å². The molecule has 102 valence electrons. The molecular formula is C14H30N2O. The van der Waals surface area contributed by atoms with E-state index >= 15 is 0 Å². The Balaban J connectivity index is 3.01. The van der Waals surface area contributed by atoms with Gasteiger partial charge >= 0.3 is 0 Å². The van der Waals surface area contributed by atoms with Gasteiger partial charge in [-0.05, 0) is 19.4 Å². The summed E-state index contributed by atoms with van der Waals surface area (Å²) < 4.78 is 0. The Kier molecular flexibility index (Phi) is 11.5. The second-order valence-electron chi connectivity index (χ2n) is 4.93. The van der Waals surface area contributed by atoms with Crippen molar-refractivity contribution in [1.82, 2.24) is 10.6 Å². The lowest BCUT2D eigenvalue weighted by Crippen LogP contribution is -2.23. The van der Waals surface area contributed by atoms with E-state index in [1.165, 1.54) is 32.1 Å². The van der Waals surface area contributed by atoms with Gasteiger partial charge in [0, 0.05) is 19.0 Å². The highest BCUT2D eigenvalue weighted by atomic mass is 16.1. The molecular weight excluding hydrogens is 212 g/mol. The molecule has 0 heterocycles. The van der Waals surface area contributed by atoms with Gasteiger partial charge in [-0.25, -0.2) is 0 Å². The zero-order chi connectivity index (χ0) is 12.9. The van der Waals surface area contributed by atoms with Crippen LogP contribution in [0.5, 0.6) is 0 Å². The Labute approximate surface area is 107 Å². The van der Waals surface area contributed by atoms with Crippen LogP contribution in [-0.4, -0.2) is 25.0 Å². The van der Waals surface area contributed by atoms with Crippen molar-refractivity contribution in [3.63, 3.8) is 0 Å². The molecule has 1 amide bonds. The topological polar surface area (TPSA) is 41.1 Å². The van der Waals surface area contributed by atoms with Crippen molar-refractivity contribution < 1.29 is 4.79 Å². The molecule has 0 bridgehead atoms. The first kappa shape index (κ1) is 16.4. The molecule has 0 rings (SSSR count). The summed E-state index contributed by atoms with van der Waals surface area (Å²) in [6.45, 7) is 8.25. The third kappa shape index (κ3) is 13.4. The normalized spacial score (nSPS) is 10.8. The van der Waals surface area contributed by atoms with Crippen molar-refractivity contribution in [2.45, 2.75) is 71.8 Å². The second kappa shape index (κ2) is 11.9. The fourth-order valence-corrected chi connectivity index (χ4v) is 1.70. The molecule has 0 aliphatic heterocycles. The van der Waals surface area contributed by atoms with Crippen LogP contribution in [0.1, 0.15) is 65.7 Å². The molecule has 0 radical (unpaired) electrons. The smallest absolute Gasteiger partial charge is 0.219 e. The lowest BCUT2D eigenvalue weighted by Gasteiger charge is -2.07. The largest absolute Gasteiger partial charge is 0.356 e. The number of amides is 1. The van der Waals surface area contributed by atoms with Gasteiger partial charge in [-0.3, -0.25) is 4.79 Å².